The first-order chi connectivity index (χ1) is 8.61. The first-order valence-electron chi connectivity index (χ1n) is 6.28. The fraction of sp³-hybridized carbons (Fsp3) is 0.312. The molecule has 0 radical (unpaired) electrons. The van der Waals surface area contributed by atoms with E-state index in [1.807, 2.05) is 45.0 Å². The van der Waals surface area contributed by atoms with Gasteiger partial charge in [-0.15, -0.1) is 0 Å². The Labute approximate surface area is 108 Å². The van der Waals surface area contributed by atoms with Gasteiger partial charge in [0.1, 0.15) is 5.76 Å². The molecule has 2 nitrogen and oxygen atoms in total. The van der Waals surface area contributed by atoms with E-state index in [1.54, 1.807) is 6.07 Å². The van der Waals surface area contributed by atoms with Crippen LogP contribution in [0.2, 0.25) is 0 Å². The maximum Gasteiger partial charge on any atom is 0.202 e. The fourth-order valence-corrected chi connectivity index (χ4v) is 2.09. The second-order valence-corrected chi connectivity index (χ2v) is 4.59. The summed E-state index contributed by atoms with van der Waals surface area (Å²) in [4.78, 5) is 12.2. The van der Waals surface area contributed by atoms with E-state index in [0.717, 1.165) is 28.9 Å². The first-order valence-corrected chi connectivity index (χ1v) is 6.28. The van der Waals surface area contributed by atoms with Crippen LogP contribution >= 0.6 is 0 Å². The summed E-state index contributed by atoms with van der Waals surface area (Å²) in [5, 5.41) is 0. The van der Waals surface area contributed by atoms with Gasteiger partial charge in [-0.05, 0) is 42.7 Å². The molecule has 0 aliphatic carbocycles. The molecule has 0 N–H and O–H groups in total. The van der Waals surface area contributed by atoms with E-state index in [2.05, 4.69) is 0 Å². The van der Waals surface area contributed by atoms with Crippen LogP contribution in [0.3, 0.4) is 0 Å². The minimum atomic E-state index is 0.0482. The van der Waals surface area contributed by atoms with E-state index >= 15 is 0 Å². The van der Waals surface area contributed by atoms with Gasteiger partial charge in [0.15, 0.2) is 5.76 Å². The number of ketones is 1. The lowest BCUT2D eigenvalue weighted by Crippen LogP contribution is -2.05. The second kappa shape index (κ2) is 5.21. The summed E-state index contributed by atoms with van der Waals surface area (Å²) in [7, 11) is 0. The molecule has 0 spiro atoms. The molecule has 0 aliphatic heterocycles. The predicted octanol–water partition coefficient (Wildman–Crippen LogP) is 3.88. The zero-order valence-electron chi connectivity index (χ0n) is 11.1. The van der Waals surface area contributed by atoms with Crippen LogP contribution < -0.4 is 0 Å². The Kier molecular flexibility index (Phi) is 3.66. The fourth-order valence-electron chi connectivity index (χ4n) is 2.09. The molecule has 0 amide bonds. The lowest BCUT2D eigenvalue weighted by Gasteiger charge is -2.07. The Morgan fingerprint density at radius 3 is 2.33 bits per heavy atom. The van der Waals surface area contributed by atoms with Gasteiger partial charge in [-0.25, -0.2) is 0 Å². The average Bonchev–Trinajstić information content (AvgIpc) is 2.82. The van der Waals surface area contributed by atoms with Crippen molar-refractivity contribution >= 4 is 5.78 Å². The van der Waals surface area contributed by atoms with Gasteiger partial charge < -0.3 is 4.42 Å². The van der Waals surface area contributed by atoms with Crippen LogP contribution in [0.15, 0.2) is 34.7 Å². The number of benzene rings is 1. The van der Waals surface area contributed by atoms with Gasteiger partial charge >= 0.3 is 0 Å². The molecule has 2 heteroatoms. The smallest absolute Gasteiger partial charge is 0.202 e. The molecule has 2 rings (SSSR count). The van der Waals surface area contributed by atoms with Gasteiger partial charge in [-0.2, -0.15) is 0 Å². The van der Waals surface area contributed by atoms with E-state index in [0.29, 0.717) is 12.2 Å². The number of hydrogen-bond donors (Lipinski definition) is 0. The lowest BCUT2D eigenvalue weighted by atomic mass is 9.97. The molecule has 1 aromatic heterocycles. The molecule has 2 aromatic rings. The molecule has 94 valence electrons. The maximum absolute atomic E-state index is 12.2. The minimum absolute atomic E-state index is 0.0482. The maximum atomic E-state index is 12.2. The normalized spacial score (nSPS) is 10.6. The highest BCUT2D eigenvalue weighted by Gasteiger charge is 2.14. The summed E-state index contributed by atoms with van der Waals surface area (Å²) in [5.74, 6) is 1.38. The van der Waals surface area contributed by atoms with E-state index in [-0.39, 0.29) is 5.78 Å². The zero-order valence-corrected chi connectivity index (χ0v) is 11.1. The van der Waals surface area contributed by atoms with Crippen molar-refractivity contribution in [2.75, 3.05) is 0 Å². The van der Waals surface area contributed by atoms with E-state index in [4.69, 9.17) is 4.42 Å². The summed E-state index contributed by atoms with van der Waals surface area (Å²) in [6.07, 6.45) is 1.23. The van der Waals surface area contributed by atoms with E-state index < -0.39 is 0 Å². The molecule has 0 saturated carbocycles. The van der Waals surface area contributed by atoms with Gasteiger partial charge in [0, 0.05) is 12.8 Å². The number of rotatable bonds is 4. The van der Waals surface area contributed by atoms with Crippen molar-refractivity contribution in [3.8, 4) is 0 Å². The third kappa shape index (κ3) is 2.53. The highest BCUT2D eigenvalue weighted by molar-refractivity contribution is 5.95. The number of hydrogen-bond acceptors (Lipinski definition) is 2. The van der Waals surface area contributed by atoms with Crippen molar-refractivity contribution in [3.05, 3.63) is 58.5 Å². The molecule has 0 bridgehead atoms. The number of aryl methyl sites for hydroxylation is 3. The van der Waals surface area contributed by atoms with Gasteiger partial charge in [0.25, 0.3) is 0 Å². The van der Waals surface area contributed by atoms with Crippen LogP contribution in [0.1, 0.15) is 39.9 Å². The molecule has 0 aliphatic rings. The molecule has 0 fully saturated rings. The number of carbonyl (C=O) groups excluding carboxylic acids is 1. The Morgan fingerprint density at radius 2 is 1.78 bits per heavy atom. The van der Waals surface area contributed by atoms with Crippen molar-refractivity contribution in [1.82, 2.24) is 0 Å². The summed E-state index contributed by atoms with van der Waals surface area (Å²) < 4.78 is 5.50. The standard InChI is InChI=1S/C16H18O2/c1-4-13-8-9-16(18-13)15(17)10-14-11(2)6-5-7-12(14)3/h5-9H,4,10H2,1-3H3. The zero-order chi connectivity index (χ0) is 13.1. The Bertz CT molecular complexity index is 544. The summed E-state index contributed by atoms with van der Waals surface area (Å²) in [6.45, 7) is 6.09. The number of furan rings is 1. The highest BCUT2D eigenvalue weighted by Crippen LogP contribution is 2.17. The SMILES string of the molecule is CCc1ccc(C(=O)Cc2c(C)cccc2C)o1. The van der Waals surface area contributed by atoms with Crippen LogP contribution in [0, 0.1) is 13.8 Å². The van der Waals surface area contributed by atoms with Crippen LogP contribution in [-0.2, 0) is 12.8 Å². The molecule has 0 atom stereocenters. The minimum Gasteiger partial charge on any atom is -0.458 e. The Balaban J connectivity index is 2.21. The largest absolute Gasteiger partial charge is 0.458 e. The Morgan fingerprint density at radius 1 is 1.11 bits per heavy atom. The topological polar surface area (TPSA) is 30.2 Å². The van der Waals surface area contributed by atoms with Crippen LogP contribution in [-0.4, -0.2) is 5.78 Å². The van der Waals surface area contributed by atoms with Crippen molar-refractivity contribution in [1.29, 1.82) is 0 Å². The highest BCUT2D eigenvalue weighted by atomic mass is 16.3. The lowest BCUT2D eigenvalue weighted by molar-refractivity contribution is 0.0964. The van der Waals surface area contributed by atoms with E-state index in [9.17, 15) is 4.79 Å². The van der Waals surface area contributed by atoms with Crippen molar-refractivity contribution in [2.24, 2.45) is 0 Å². The predicted molar refractivity (Wildman–Crippen MR) is 72.0 cm³/mol. The third-order valence-electron chi connectivity index (χ3n) is 3.27. The number of carbonyl (C=O) groups is 1. The average molecular weight is 242 g/mol. The molecular formula is C16H18O2. The molecule has 1 heterocycles. The Hall–Kier alpha value is -1.83. The quantitative estimate of drug-likeness (QED) is 0.761. The molecule has 0 unspecified atom stereocenters. The summed E-state index contributed by atoms with van der Waals surface area (Å²) in [5.41, 5.74) is 3.42. The van der Waals surface area contributed by atoms with Gasteiger partial charge in [-0.1, -0.05) is 25.1 Å². The second-order valence-electron chi connectivity index (χ2n) is 4.59. The van der Waals surface area contributed by atoms with Crippen molar-refractivity contribution in [3.63, 3.8) is 0 Å². The monoisotopic (exact) mass is 242 g/mol. The summed E-state index contributed by atoms with van der Waals surface area (Å²) in [6, 6.07) is 9.73. The van der Waals surface area contributed by atoms with Crippen LogP contribution in [0.5, 0.6) is 0 Å². The number of Topliss-reactive ketones (excluding diaryl/α,β-unsaturated/α-hetero) is 1. The molecular weight excluding hydrogens is 224 g/mol. The summed E-state index contributed by atoms with van der Waals surface area (Å²) >= 11 is 0. The van der Waals surface area contributed by atoms with Crippen LogP contribution in [0.4, 0.5) is 0 Å². The van der Waals surface area contributed by atoms with Crippen LogP contribution in [0.25, 0.3) is 0 Å². The van der Waals surface area contributed by atoms with Crippen molar-refractivity contribution in [2.45, 2.75) is 33.6 Å². The van der Waals surface area contributed by atoms with Crippen molar-refractivity contribution < 1.29 is 9.21 Å². The van der Waals surface area contributed by atoms with Gasteiger partial charge in [-0.3, -0.25) is 4.79 Å². The van der Waals surface area contributed by atoms with E-state index in [1.165, 1.54) is 0 Å². The van der Waals surface area contributed by atoms with Gasteiger partial charge in [0.05, 0.1) is 0 Å². The third-order valence-corrected chi connectivity index (χ3v) is 3.27. The molecule has 0 saturated heterocycles. The van der Waals surface area contributed by atoms with Gasteiger partial charge in [0.2, 0.25) is 5.78 Å². The molecule has 1 aromatic carbocycles. The molecule has 18 heavy (non-hydrogen) atoms. The first kappa shape index (κ1) is 12.6.